The maximum atomic E-state index is 12.7. The van der Waals surface area contributed by atoms with Crippen LogP contribution in [0, 0.1) is 5.92 Å². The van der Waals surface area contributed by atoms with Gasteiger partial charge < -0.3 is 10.3 Å². The van der Waals surface area contributed by atoms with E-state index in [4.69, 9.17) is 5.73 Å². The Morgan fingerprint density at radius 1 is 1.03 bits per heavy atom. The third-order valence-electron chi connectivity index (χ3n) is 4.93. The van der Waals surface area contributed by atoms with Crippen LogP contribution in [0.1, 0.15) is 29.3 Å². The molecule has 0 radical (unpaired) electrons. The molecule has 0 bridgehead atoms. The van der Waals surface area contributed by atoms with Crippen LogP contribution >= 0.6 is 0 Å². The van der Waals surface area contributed by atoms with Gasteiger partial charge in [-0.1, -0.05) is 24.3 Å². The molecule has 0 saturated heterocycles. The molecule has 2 heterocycles. The number of alkyl halides is 3. The molecular weight excluding hydrogens is 417 g/mol. The molecular formula is C20H17F3N4O2S. The van der Waals surface area contributed by atoms with Crippen molar-refractivity contribution in [2.75, 3.05) is 5.73 Å². The van der Waals surface area contributed by atoms with Gasteiger partial charge in [0.25, 0.3) is 0 Å². The molecule has 30 heavy (non-hydrogen) atoms. The molecule has 1 aliphatic rings. The number of hydrogen-bond donors (Lipinski definition) is 2. The van der Waals surface area contributed by atoms with E-state index in [2.05, 4.69) is 15.0 Å². The van der Waals surface area contributed by atoms with Crippen LogP contribution in [0.15, 0.2) is 48.8 Å². The summed E-state index contributed by atoms with van der Waals surface area (Å²) < 4.78 is 59.4. The maximum Gasteiger partial charge on any atom is 0.433 e. The molecule has 2 unspecified atom stereocenters. The number of benzene rings is 1. The Balaban J connectivity index is 1.64. The van der Waals surface area contributed by atoms with Gasteiger partial charge >= 0.3 is 6.18 Å². The summed E-state index contributed by atoms with van der Waals surface area (Å²) in [7, 11) is 0. The summed E-state index contributed by atoms with van der Waals surface area (Å²) in [6.07, 6.45) is -0.129. The molecule has 10 heteroatoms. The summed E-state index contributed by atoms with van der Waals surface area (Å²) in [4.78, 5) is 12.0. The van der Waals surface area contributed by atoms with Crippen molar-refractivity contribution >= 4 is 16.9 Å². The van der Waals surface area contributed by atoms with Crippen LogP contribution in [0.5, 0.6) is 0 Å². The zero-order valence-corrected chi connectivity index (χ0v) is 16.3. The van der Waals surface area contributed by atoms with Gasteiger partial charge in [0.15, 0.2) is 11.1 Å². The minimum absolute atomic E-state index is 0.0707. The van der Waals surface area contributed by atoms with E-state index in [9.17, 15) is 21.9 Å². The van der Waals surface area contributed by atoms with Crippen LogP contribution in [-0.4, -0.2) is 23.7 Å². The lowest BCUT2D eigenvalue weighted by Crippen LogP contribution is -2.08. The first-order chi connectivity index (χ1) is 14.2. The maximum absolute atomic E-state index is 12.7. The Morgan fingerprint density at radius 3 is 2.23 bits per heavy atom. The van der Waals surface area contributed by atoms with Crippen molar-refractivity contribution in [2.45, 2.75) is 24.3 Å². The smallest absolute Gasteiger partial charge is 0.382 e. The summed E-state index contributed by atoms with van der Waals surface area (Å²) >= 11 is -1.94. The van der Waals surface area contributed by atoms with Crippen LogP contribution in [0.4, 0.5) is 19.0 Å². The number of nitrogen functional groups attached to an aromatic ring is 1. The number of hydrogen-bond acceptors (Lipinski definition) is 5. The van der Waals surface area contributed by atoms with E-state index < -0.39 is 28.2 Å². The highest BCUT2D eigenvalue weighted by atomic mass is 32.2. The van der Waals surface area contributed by atoms with Crippen LogP contribution in [0.3, 0.4) is 0 Å². The average molecular weight is 434 g/mol. The molecule has 1 fully saturated rings. The van der Waals surface area contributed by atoms with Gasteiger partial charge in [0.1, 0.15) is 17.2 Å². The van der Waals surface area contributed by atoms with Gasteiger partial charge in [-0.25, -0.2) is 14.2 Å². The third kappa shape index (κ3) is 4.19. The standard InChI is InChI=1S/C20H17F3N4O2S/c21-20(22,23)16-8-7-14(9-25-16)17-19(24)26-10-15(27-17)11-1-3-12(4-2-11)18(30(28)29)13-5-6-13/h1-4,7-10,13,18H,5-6H2,(H2,24,26)(H,28,29). The number of halogens is 3. The second-order valence-electron chi connectivity index (χ2n) is 7.08. The second kappa shape index (κ2) is 7.77. The van der Waals surface area contributed by atoms with Crippen LogP contribution in [0.25, 0.3) is 22.5 Å². The average Bonchev–Trinajstić information content (AvgIpc) is 3.53. The fraction of sp³-hybridized carbons (Fsp3) is 0.250. The van der Waals surface area contributed by atoms with E-state index >= 15 is 0 Å². The van der Waals surface area contributed by atoms with E-state index in [0.717, 1.165) is 30.7 Å². The Bertz CT molecular complexity index is 1080. The molecule has 3 aromatic rings. The number of nitrogens with two attached hydrogens (primary N) is 1. The lowest BCUT2D eigenvalue weighted by molar-refractivity contribution is -0.141. The van der Waals surface area contributed by atoms with E-state index in [1.54, 1.807) is 24.3 Å². The topological polar surface area (TPSA) is 102 Å². The fourth-order valence-corrected chi connectivity index (χ4v) is 4.24. The molecule has 0 aliphatic heterocycles. The highest BCUT2D eigenvalue weighted by molar-refractivity contribution is 7.79. The molecule has 2 atom stereocenters. The highest BCUT2D eigenvalue weighted by Crippen LogP contribution is 2.44. The largest absolute Gasteiger partial charge is 0.433 e. The zero-order chi connectivity index (χ0) is 21.5. The van der Waals surface area contributed by atoms with Gasteiger partial charge in [0.2, 0.25) is 0 Å². The number of pyridine rings is 1. The molecule has 2 aromatic heterocycles. The van der Waals surface area contributed by atoms with Gasteiger partial charge in [-0.15, -0.1) is 0 Å². The summed E-state index contributed by atoms with van der Waals surface area (Å²) in [5, 5.41) is -0.412. The van der Waals surface area contributed by atoms with Crippen molar-refractivity contribution in [2.24, 2.45) is 5.92 Å². The van der Waals surface area contributed by atoms with Crippen molar-refractivity contribution in [1.29, 1.82) is 0 Å². The van der Waals surface area contributed by atoms with E-state index in [1.165, 1.54) is 12.3 Å². The zero-order valence-electron chi connectivity index (χ0n) is 15.5. The van der Waals surface area contributed by atoms with E-state index in [0.29, 0.717) is 16.8 Å². The molecule has 1 saturated carbocycles. The molecule has 1 aliphatic carbocycles. The molecule has 156 valence electrons. The lowest BCUT2D eigenvalue weighted by Gasteiger charge is -2.13. The minimum Gasteiger partial charge on any atom is -0.382 e. The highest BCUT2D eigenvalue weighted by Gasteiger charge is 2.36. The predicted molar refractivity (Wildman–Crippen MR) is 106 cm³/mol. The quantitative estimate of drug-likeness (QED) is 0.574. The molecule has 4 rings (SSSR count). The normalized spacial score (nSPS) is 16.3. The Morgan fingerprint density at radius 2 is 1.70 bits per heavy atom. The van der Waals surface area contributed by atoms with Gasteiger partial charge in [-0.2, -0.15) is 13.2 Å². The minimum atomic E-state index is -4.53. The Kier molecular flexibility index (Phi) is 5.29. The monoisotopic (exact) mass is 434 g/mol. The SMILES string of the molecule is Nc1ncc(-c2ccc(C(C3CC3)S(=O)O)cc2)nc1-c1ccc(C(F)(F)F)nc1. The van der Waals surface area contributed by atoms with Gasteiger partial charge in [0, 0.05) is 17.3 Å². The van der Waals surface area contributed by atoms with Crippen LogP contribution < -0.4 is 5.73 Å². The first-order valence-electron chi connectivity index (χ1n) is 9.10. The van der Waals surface area contributed by atoms with Gasteiger partial charge in [-0.3, -0.25) is 4.98 Å². The summed E-state index contributed by atoms with van der Waals surface area (Å²) in [5.41, 5.74) is 7.36. The number of nitrogens with zero attached hydrogens (tertiary/aromatic N) is 3. The van der Waals surface area contributed by atoms with Crippen molar-refractivity contribution in [1.82, 2.24) is 15.0 Å². The number of aromatic nitrogens is 3. The third-order valence-corrected chi connectivity index (χ3v) is 6.02. The summed E-state index contributed by atoms with van der Waals surface area (Å²) in [6.45, 7) is 0. The predicted octanol–water partition coefficient (Wildman–Crippen LogP) is 4.48. The van der Waals surface area contributed by atoms with Crippen molar-refractivity contribution in [3.8, 4) is 22.5 Å². The molecule has 0 spiro atoms. The summed E-state index contributed by atoms with van der Waals surface area (Å²) in [6, 6.07) is 9.22. The Hall–Kier alpha value is -2.85. The Labute approximate surface area is 172 Å². The van der Waals surface area contributed by atoms with Crippen molar-refractivity contribution in [3.63, 3.8) is 0 Å². The summed E-state index contributed by atoms with van der Waals surface area (Å²) in [5.74, 6) is 0.290. The first kappa shape index (κ1) is 20.4. The van der Waals surface area contributed by atoms with Crippen molar-refractivity contribution < 1.29 is 21.9 Å². The lowest BCUT2D eigenvalue weighted by atomic mass is 10.0. The van der Waals surface area contributed by atoms with Crippen LogP contribution in [-0.2, 0) is 17.3 Å². The molecule has 6 nitrogen and oxygen atoms in total. The number of anilines is 1. The van der Waals surface area contributed by atoms with Gasteiger partial charge in [-0.05, 0) is 36.5 Å². The molecule has 0 amide bonds. The van der Waals surface area contributed by atoms with Crippen LogP contribution in [0.2, 0.25) is 0 Å². The van der Waals surface area contributed by atoms with E-state index in [-0.39, 0.29) is 17.4 Å². The second-order valence-corrected chi connectivity index (χ2v) is 8.14. The van der Waals surface area contributed by atoms with Gasteiger partial charge in [0.05, 0.1) is 17.1 Å². The molecule has 3 N–H and O–H groups in total. The fourth-order valence-electron chi connectivity index (χ4n) is 3.25. The molecule has 1 aromatic carbocycles. The van der Waals surface area contributed by atoms with Crippen molar-refractivity contribution in [3.05, 3.63) is 60.0 Å². The first-order valence-corrected chi connectivity index (χ1v) is 10.3. The number of rotatable bonds is 5. The van der Waals surface area contributed by atoms with E-state index in [1.807, 2.05) is 0 Å².